The summed E-state index contributed by atoms with van der Waals surface area (Å²) in [5.41, 5.74) is 0. The van der Waals surface area contributed by atoms with Crippen molar-refractivity contribution in [1.82, 2.24) is 15.5 Å². The predicted octanol–water partition coefficient (Wildman–Crippen LogP) is 2.44. The average molecular weight is 223 g/mol. The standard InChI is InChI=1S/C12H21N3O/c1-10-14-15-12(16-10)9-13-8-7-11-5-3-2-4-6-11/h11,13H,2-9H2,1H3. The van der Waals surface area contributed by atoms with Gasteiger partial charge in [-0.25, -0.2) is 0 Å². The fourth-order valence-electron chi connectivity index (χ4n) is 2.39. The first kappa shape index (κ1) is 11.6. The zero-order chi connectivity index (χ0) is 11.2. The van der Waals surface area contributed by atoms with Crippen LogP contribution in [-0.2, 0) is 6.54 Å². The summed E-state index contributed by atoms with van der Waals surface area (Å²) in [6.45, 7) is 3.58. The molecule has 0 aromatic carbocycles. The fourth-order valence-corrected chi connectivity index (χ4v) is 2.39. The van der Waals surface area contributed by atoms with Crippen molar-refractivity contribution in [2.75, 3.05) is 6.54 Å². The largest absolute Gasteiger partial charge is 0.424 e. The van der Waals surface area contributed by atoms with E-state index in [2.05, 4.69) is 15.5 Å². The van der Waals surface area contributed by atoms with Gasteiger partial charge in [-0.2, -0.15) is 0 Å². The number of aromatic nitrogens is 2. The Labute approximate surface area is 96.8 Å². The van der Waals surface area contributed by atoms with Crippen LogP contribution >= 0.6 is 0 Å². The lowest BCUT2D eigenvalue weighted by Gasteiger charge is -2.21. The first-order valence-corrected chi connectivity index (χ1v) is 6.34. The van der Waals surface area contributed by atoms with Crippen molar-refractivity contribution in [2.45, 2.75) is 52.0 Å². The monoisotopic (exact) mass is 223 g/mol. The van der Waals surface area contributed by atoms with Gasteiger partial charge in [0, 0.05) is 6.92 Å². The summed E-state index contributed by atoms with van der Waals surface area (Å²) >= 11 is 0. The molecule has 0 amide bonds. The molecule has 1 aliphatic carbocycles. The zero-order valence-corrected chi connectivity index (χ0v) is 10.0. The Morgan fingerprint density at radius 3 is 2.75 bits per heavy atom. The van der Waals surface area contributed by atoms with Crippen molar-refractivity contribution < 1.29 is 4.42 Å². The molecule has 1 aromatic rings. The summed E-state index contributed by atoms with van der Waals surface area (Å²) in [5.74, 6) is 2.27. The van der Waals surface area contributed by atoms with E-state index in [4.69, 9.17) is 4.42 Å². The summed E-state index contributed by atoms with van der Waals surface area (Å²) in [5, 5.41) is 11.1. The quantitative estimate of drug-likeness (QED) is 0.779. The lowest BCUT2D eigenvalue weighted by molar-refractivity contribution is 0.330. The maximum atomic E-state index is 5.29. The maximum absolute atomic E-state index is 5.29. The molecule has 1 aliphatic rings. The molecule has 1 fully saturated rings. The molecule has 1 aromatic heterocycles. The summed E-state index contributed by atoms with van der Waals surface area (Å²) in [6, 6.07) is 0. The smallest absolute Gasteiger partial charge is 0.230 e. The van der Waals surface area contributed by atoms with Gasteiger partial charge in [0.25, 0.3) is 0 Å². The lowest BCUT2D eigenvalue weighted by atomic mass is 9.87. The van der Waals surface area contributed by atoms with Crippen LogP contribution in [0.15, 0.2) is 4.42 Å². The molecule has 0 bridgehead atoms. The summed E-state index contributed by atoms with van der Waals surface area (Å²) in [4.78, 5) is 0. The van der Waals surface area contributed by atoms with Crippen molar-refractivity contribution in [2.24, 2.45) is 5.92 Å². The van der Waals surface area contributed by atoms with Crippen LogP contribution in [0.3, 0.4) is 0 Å². The van der Waals surface area contributed by atoms with Crippen molar-refractivity contribution in [1.29, 1.82) is 0 Å². The van der Waals surface area contributed by atoms with Gasteiger partial charge < -0.3 is 9.73 Å². The normalized spacial score (nSPS) is 17.8. The van der Waals surface area contributed by atoms with E-state index in [1.807, 2.05) is 6.92 Å². The van der Waals surface area contributed by atoms with Gasteiger partial charge in [-0.15, -0.1) is 10.2 Å². The molecule has 2 rings (SSSR count). The van der Waals surface area contributed by atoms with E-state index in [0.717, 1.165) is 12.5 Å². The van der Waals surface area contributed by atoms with Crippen LogP contribution in [0.4, 0.5) is 0 Å². The van der Waals surface area contributed by atoms with Gasteiger partial charge in [-0.3, -0.25) is 0 Å². The van der Waals surface area contributed by atoms with Crippen LogP contribution in [0.1, 0.15) is 50.3 Å². The molecular weight excluding hydrogens is 202 g/mol. The first-order chi connectivity index (χ1) is 7.84. The number of rotatable bonds is 5. The van der Waals surface area contributed by atoms with E-state index >= 15 is 0 Å². The van der Waals surface area contributed by atoms with Crippen LogP contribution in [0.2, 0.25) is 0 Å². The second kappa shape index (κ2) is 5.99. The van der Waals surface area contributed by atoms with Crippen LogP contribution in [0.5, 0.6) is 0 Å². The van der Waals surface area contributed by atoms with Crippen molar-refractivity contribution in [3.8, 4) is 0 Å². The van der Waals surface area contributed by atoms with Crippen LogP contribution in [-0.4, -0.2) is 16.7 Å². The van der Waals surface area contributed by atoms with Crippen LogP contribution < -0.4 is 5.32 Å². The highest BCUT2D eigenvalue weighted by Gasteiger charge is 2.12. The molecule has 0 radical (unpaired) electrons. The minimum absolute atomic E-state index is 0.643. The molecular formula is C12H21N3O. The number of nitrogens with one attached hydrogen (secondary N) is 1. The van der Waals surface area contributed by atoms with Gasteiger partial charge in [-0.1, -0.05) is 32.1 Å². The van der Waals surface area contributed by atoms with E-state index in [1.165, 1.54) is 38.5 Å². The number of nitrogens with zero attached hydrogens (tertiary/aromatic N) is 2. The number of hydrogen-bond acceptors (Lipinski definition) is 4. The third-order valence-corrected chi connectivity index (χ3v) is 3.30. The predicted molar refractivity (Wildman–Crippen MR) is 61.9 cm³/mol. The van der Waals surface area contributed by atoms with Crippen LogP contribution in [0, 0.1) is 12.8 Å². The van der Waals surface area contributed by atoms with Gasteiger partial charge in [0.2, 0.25) is 11.8 Å². The summed E-state index contributed by atoms with van der Waals surface area (Å²) < 4.78 is 5.29. The van der Waals surface area contributed by atoms with Gasteiger partial charge >= 0.3 is 0 Å². The lowest BCUT2D eigenvalue weighted by Crippen LogP contribution is -2.19. The van der Waals surface area contributed by atoms with E-state index in [0.29, 0.717) is 18.3 Å². The Bertz CT molecular complexity index is 305. The van der Waals surface area contributed by atoms with Crippen molar-refractivity contribution >= 4 is 0 Å². The third-order valence-electron chi connectivity index (χ3n) is 3.30. The SMILES string of the molecule is Cc1nnc(CNCCC2CCCCC2)o1. The Morgan fingerprint density at radius 2 is 2.06 bits per heavy atom. The second-order valence-electron chi connectivity index (χ2n) is 4.68. The summed E-state index contributed by atoms with van der Waals surface area (Å²) in [7, 11) is 0. The Kier molecular flexibility index (Phi) is 4.34. The van der Waals surface area contributed by atoms with Gasteiger partial charge in [0.05, 0.1) is 6.54 Å². The molecule has 4 heteroatoms. The van der Waals surface area contributed by atoms with Crippen LogP contribution in [0.25, 0.3) is 0 Å². The van der Waals surface area contributed by atoms with E-state index < -0.39 is 0 Å². The fraction of sp³-hybridized carbons (Fsp3) is 0.833. The maximum Gasteiger partial charge on any atom is 0.230 e. The highest BCUT2D eigenvalue weighted by atomic mass is 16.4. The Morgan fingerprint density at radius 1 is 1.25 bits per heavy atom. The molecule has 90 valence electrons. The Balaban J connectivity index is 1.57. The van der Waals surface area contributed by atoms with Crippen molar-refractivity contribution in [3.05, 3.63) is 11.8 Å². The number of hydrogen-bond donors (Lipinski definition) is 1. The first-order valence-electron chi connectivity index (χ1n) is 6.34. The van der Waals surface area contributed by atoms with Gasteiger partial charge in [-0.05, 0) is 18.9 Å². The molecule has 1 N–H and O–H groups in total. The highest BCUT2D eigenvalue weighted by Crippen LogP contribution is 2.25. The van der Waals surface area contributed by atoms with Gasteiger partial charge in [0.15, 0.2) is 0 Å². The molecule has 0 atom stereocenters. The molecule has 0 spiro atoms. The molecule has 16 heavy (non-hydrogen) atoms. The second-order valence-corrected chi connectivity index (χ2v) is 4.68. The van der Waals surface area contributed by atoms with Gasteiger partial charge in [0.1, 0.15) is 0 Å². The topological polar surface area (TPSA) is 51.0 Å². The third kappa shape index (κ3) is 3.59. The summed E-state index contributed by atoms with van der Waals surface area (Å²) in [6.07, 6.45) is 8.40. The molecule has 1 saturated carbocycles. The molecule has 4 nitrogen and oxygen atoms in total. The Hall–Kier alpha value is -0.900. The zero-order valence-electron chi connectivity index (χ0n) is 10.0. The minimum Gasteiger partial charge on any atom is -0.424 e. The average Bonchev–Trinajstić information content (AvgIpc) is 2.72. The van der Waals surface area contributed by atoms with E-state index in [9.17, 15) is 0 Å². The molecule has 0 saturated heterocycles. The minimum atomic E-state index is 0.643. The molecule has 0 aliphatic heterocycles. The van der Waals surface area contributed by atoms with E-state index in [1.54, 1.807) is 0 Å². The highest BCUT2D eigenvalue weighted by molar-refractivity contribution is 4.78. The molecule has 1 heterocycles. The number of aryl methyl sites for hydroxylation is 1. The van der Waals surface area contributed by atoms with E-state index in [-0.39, 0.29) is 0 Å². The molecule has 0 unspecified atom stereocenters. The van der Waals surface area contributed by atoms with Crippen molar-refractivity contribution in [3.63, 3.8) is 0 Å².